The first-order chi connectivity index (χ1) is 14.7. The quantitative estimate of drug-likeness (QED) is 0.619. The highest BCUT2D eigenvalue weighted by atomic mass is 35.5. The van der Waals surface area contributed by atoms with E-state index in [0.29, 0.717) is 23.5 Å². The molecule has 3 aliphatic heterocycles. The second-order valence-electron chi connectivity index (χ2n) is 9.75. The van der Waals surface area contributed by atoms with Crippen LogP contribution in [0.4, 0.5) is 10.5 Å². The van der Waals surface area contributed by atoms with Crippen LogP contribution in [0.15, 0.2) is 30.3 Å². The minimum absolute atomic E-state index is 0.211. The van der Waals surface area contributed by atoms with Crippen LogP contribution in [0.25, 0.3) is 11.1 Å². The van der Waals surface area contributed by atoms with Crippen LogP contribution < -0.4 is 9.64 Å². The van der Waals surface area contributed by atoms with E-state index in [2.05, 4.69) is 17.0 Å². The van der Waals surface area contributed by atoms with E-state index >= 15 is 0 Å². The Kier molecular flexibility index (Phi) is 4.85. The third-order valence-electron chi connectivity index (χ3n) is 6.64. The highest BCUT2D eigenvalue weighted by Crippen LogP contribution is 2.51. The van der Waals surface area contributed by atoms with Crippen molar-refractivity contribution in [2.24, 2.45) is 0 Å². The third kappa shape index (κ3) is 3.53. The maximum absolute atomic E-state index is 12.7. The molecule has 3 aliphatic rings. The van der Waals surface area contributed by atoms with E-state index in [1.54, 1.807) is 7.11 Å². The molecule has 5 nitrogen and oxygen atoms in total. The number of fused-ring (bicyclic) bond motifs is 3. The van der Waals surface area contributed by atoms with E-state index in [1.807, 2.05) is 43.9 Å². The smallest absolute Gasteiger partial charge is 0.410 e. The number of nitrogens with zero attached hydrogens (tertiary/aromatic N) is 2. The Morgan fingerprint density at radius 2 is 1.97 bits per heavy atom. The molecular formula is C25H29ClN2O3. The lowest BCUT2D eigenvalue weighted by Crippen LogP contribution is -2.49. The molecule has 5 rings (SSSR count). The van der Waals surface area contributed by atoms with Gasteiger partial charge in [0.15, 0.2) is 0 Å². The molecule has 2 atom stereocenters. The van der Waals surface area contributed by atoms with Crippen LogP contribution in [0, 0.1) is 0 Å². The zero-order valence-electron chi connectivity index (χ0n) is 18.6. The number of likely N-dealkylation sites (tertiary alicyclic amines) is 1. The van der Waals surface area contributed by atoms with Crippen molar-refractivity contribution in [3.05, 3.63) is 46.5 Å². The molecule has 3 heterocycles. The first kappa shape index (κ1) is 20.5. The van der Waals surface area contributed by atoms with Gasteiger partial charge in [0.2, 0.25) is 0 Å². The summed E-state index contributed by atoms with van der Waals surface area (Å²) in [7, 11) is 1.65. The first-order valence-electron chi connectivity index (χ1n) is 11.0. The molecule has 1 saturated heterocycles. The molecule has 0 N–H and O–H groups in total. The fraction of sp³-hybridized carbons (Fsp3) is 0.480. The molecule has 0 aliphatic carbocycles. The molecule has 0 spiro atoms. The summed E-state index contributed by atoms with van der Waals surface area (Å²) in [5, 5.41) is 0.690. The molecule has 6 heteroatoms. The number of piperidine rings is 1. The number of amides is 1. The van der Waals surface area contributed by atoms with Gasteiger partial charge in [-0.25, -0.2) is 4.79 Å². The Labute approximate surface area is 188 Å². The van der Waals surface area contributed by atoms with Crippen molar-refractivity contribution in [2.75, 3.05) is 31.6 Å². The average molecular weight is 441 g/mol. The molecule has 0 bridgehead atoms. The van der Waals surface area contributed by atoms with Crippen molar-refractivity contribution in [1.29, 1.82) is 0 Å². The van der Waals surface area contributed by atoms with Gasteiger partial charge >= 0.3 is 6.09 Å². The molecule has 0 aromatic heterocycles. The lowest BCUT2D eigenvalue weighted by atomic mass is 9.86. The van der Waals surface area contributed by atoms with Gasteiger partial charge in [-0.15, -0.1) is 0 Å². The Balaban J connectivity index is 1.49. The monoisotopic (exact) mass is 440 g/mol. The van der Waals surface area contributed by atoms with Gasteiger partial charge in [-0.1, -0.05) is 11.6 Å². The lowest BCUT2D eigenvalue weighted by Gasteiger charge is -2.38. The van der Waals surface area contributed by atoms with Crippen molar-refractivity contribution < 1.29 is 14.3 Å². The van der Waals surface area contributed by atoms with E-state index in [4.69, 9.17) is 21.1 Å². The predicted octanol–water partition coefficient (Wildman–Crippen LogP) is 5.48. The van der Waals surface area contributed by atoms with Crippen molar-refractivity contribution >= 4 is 23.4 Å². The molecule has 31 heavy (non-hydrogen) atoms. The van der Waals surface area contributed by atoms with Gasteiger partial charge in [0.1, 0.15) is 11.4 Å². The number of methoxy groups -OCH3 is 1. The van der Waals surface area contributed by atoms with Crippen LogP contribution in [0.5, 0.6) is 5.75 Å². The minimum atomic E-state index is -0.482. The largest absolute Gasteiger partial charge is 0.497 e. The van der Waals surface area contributed by atoms with Gasteiger partial charge in [0.25, 0.3) is 0 Å². The van der Waals surface area contributed by atoms with Gasteiger partial charge in [0, 0.05) is 42.8 Å². The molecule has 1 fully saturated rings. The molecule has 0 saturated carbocycles. The zero-order chi connectivity index (χ0) is 21.9. The van der Waals surface area contributed by atoms with Gasteiger partial charge in [-0.05, 0) is 80.6 Å². The second-order valence-corrected chi connectivity index (χ2v) is 10.2. The van der Waals surface area contributed by atoms with Crippen molar-refractivity contribution in [2.45, 2.75) is 51.2 Å². The highest BCUT2D eigenvalue weighted by molar-refractivity contribution is 6.33. The Hall–Kier alpha value is -2.40. The van der Waals surface area contributed by atoms with Crippen LogP contribution in [0.1, 0.15) is 44.2 Å². The average Bonchev–Trinajstić information content (AvgIpc) is 3.28. The summed E-state index contributed by atoms with van der Waals surface area (Å²) in [6.07, 6.45) is 1.82. The number of ether oxygens (including phenoxy) is 2. The Morgan fingerprint density at radius 3 is 2.68 bits per heavy atom. The third-order valence-corrected chi connectivity index (χ3v) is 6.96. The van der Waals surface area contributed by atoms with Crippen LogP contribution >= 0.6 is 11.6 Å². The molecule has 0 unspecified atom stereocenters. The molecule has 164 valence electrons. The number of halogens is 1. The first-order valence-corrected chi connectivity index (χ1v) is 11.4. The van der Waals surface area contributed by atoms with Crippen molar-refractivity contribution in [3.8, 4) is 16.9 Å². The number of anilines is 1. The zero-order valence-corrected chi connectivity index (χ0v) is 19.3. The fourth-order valence-electron chi connectivity index (χ4n) is 5.35. The standard InChI is InChI=1S/C25H29ClN2O3/c1-25(2,3)31-24(29)27-9-8-22-20(14-27)19-12-16(11-15-7-10-28(22)23(15)19)18-6-5-17(30-4)13-21(18)26/h5-6,11-13,20,22H,7-10,14H2,1-4H3/t20-,22-/m0/s1. The normalized spacial score (nSPS) is 21.7. The summed E-state index contributed by atoms with van der Waals surface area (Å²) in [4.78, 5) is 17.2. The van der Waals surface area contributed by atoms with Crippen molar-refractivity contribution in [1.82, 2.24) is 4.90 Å². The minimum Gasteiger partial charge on any atom is -0.497 e. The Bertz CT molecular complexity index is 1050. The second kappa shape index (κ2) is 7.33. The summed E-state index contributed by atoms with van der Waals surface area (Å²) in [5.41, 5.74) is 5.79. The molecule has 2 aromatic carbocycles. The summed E-state index contributed by atoms with van der Waals surface area (Å²) in [6, 6.07) is 10.9. The molecule has 0 radical (unpaired) electrons. The highest BCUT2D eigenvalue weighted by Gasteiger charge is 2.46. The summed E-state index contributed by atoms with van der Waals surface area (Å²) in [5.74, 6) is 1.05. The lowest BCUT2D eigenvalue weighted by molar-refractivity contribution is 0.0189. The van der Waals surface area contributed by atoms with Crippen LogP contribution in [0.3, 0.4) is 0 Å². The van der Waals surface area contributed by atoms with E-state index in [9.17, 15) is 4.79 Å². The summed E-state index contributed by atoms with van der Waals surface area (Å²) in [6.45, 7) is 8.24. The fourth-order valence-corrected chi connectivity index (χ4v) is 5.63. The number of hydrogen-bond donors (Lipinski definition) is 0. The summed E-state index contributed by atoms with van der Waals surface area (Å²) >= 11 is 6.60. The number of carbonyl (C=O) groups is 1. The number of rotatable bonds is 2. The van der Waals surface area contributed by atoms with E-state index in [1.165, 1.54) is 16.8 Å². The number of benzene rings is 2. The van der Waals surface area contributed by atoms with Gasteiger partial charge in [-0.3, -0.25) is 0 Å². The molecular weight excluding hydrogens is 412 g/mol. The van der Waals surface area contributed by atoms with E-state index < -0.39 is 5.60 Å². The van der Waals surface area contributed by atoms with Gasteiger partial charge < -0.3 is 19.3 Å². The van der Waals surface area contributed by atoms with Gasteiger partial charge in [0.05, 0.1) is 12.1 Å². The maximum atomic E-state index is 12.7. The summed E-state index contributed by atoms with van der Waals surface area (Å²) < 4.78 is 11.0. The maximum Gasteiger partial charge on any atom is 0.410 e. The predicted molar refractivity (Wildman–Crippen MR) is 123 cm³/mol. The van der Waals surface area contributed by atoms with E-state index in [0.717, 1.165) is 42.8 Å². The molecule has 1 amide bonds. The van der Waals surface area contributed by atoms with Crippen LogP contribution in [-0.4, -0.2) is 49.4 Å². The van der Waals surface area contributed by atoms with Crippen molar-refractivity contribution in [3.63, 3.8) is 0 Å². The van der Waals surface area contributed by atoms with Crippen LogP contribution in [-0.2, 0) is 11.2 Å². The van der Waals surface area contributed by atoms with Gasteiger partial charge in [-0.2, -0.15) is 0 Å². The van der Waals surface area contributed by atoms with E-state index in [-0.39, 0.29) is 6.09 Å². The topological polar surface area (TPSA) is 42.0 Å². The molecule has 2 aromatic rings. The SMILES string of the molecule is COc1ccc(-c2cc3c4c(c2)[C@@H]2CN(C(=O)OC(C)(C)C)CC[C@@H]2N4CC3)c(Cl)c1. The number of hydrogen-bond acceptors (Lipinski definition) is 4. The Morgan fingerprint density at radius 1 is 1.16 bits per heavy atom. The van der Waals surface area contributed by atoms with Crippen LogP contribution in [0.2, 0.25) is 5.02 Å². The number of carbonyl (C=O) groups excluding carboxylic acids is 1.